The monoisotopic (exact) mass is 420 g/mol. The summed E-state index contributed by atoms with van der Waals surface area (Å²) in [4.78, 5) is 33.3. The zero-order chi connectivity index (χ0) is 21.5. The molecule has 30 heavy (non-hydrogen) atoms. The van der Waals surface area contributed by atoms with Gasteiger partial charge in [0, 0.05) is 28.3 Å². The average Bonchev–Trinajstić information content (AvgIpc) is 2.75. The molecule has 7 heteroatoms. The maximum atomic E-state index is 12.3. The van der Waals surface area contributed by atoms with Crippen LogP contribution in [0.3, 0.4) is 0 Å². The third kappa shape index (κ3) is 5.90. The van der Waals surface area contributed by atoms with Gasteiger partial charge in [0.15, 0.2) is 5.16 Å². The molecule has 0 unspecified atom stereocenters. The molecule has 0 fully saturated rings. The first kappa shape index (κ1) is 21.5. The molecule has 1 aromatic heterocycles. The van der Waals surface area contributed by atoms with E-state index in [-0.39, 0.29) is 11.8 Å². The van der Waals surface area contributed by atoms with Crippen molar-refractivity contribution in [1.29, 1.82) is 0 Å². The number of aromatic nitrogens is 2. The fraction of sp³-hybridized carbons (Fsp3) is 0.217. The average molecular weight is 421 g/mol. The molecule has 0 saturated heterocycles. The number of carbonyl (C=O) groups excluding carboxylic acids is 2. The van der Waals surface area contributed by atoms with E-state index in [4.69, 9.17) is 0 Å². The van der Waals surface area contributed by atoms with Crippen LogP contribution in [0.5, 0.6) is 0 Å². The molecule has 3 rings (SSSR count). The lowest BCUT2D eigenvalue weighted by molar-refractivity contribution is 0.0846. The molecule has 154 valence electrons. The number of amides is 2. The highest BCUT2D eigenvalue weighted by Gasteiger charge is 2.09. The summed E-state index contributed by atoms with van der Waals surface area (Å²) in [6, 6.07) is 16.5. The Morgan fingerprint density at radius 3 is 1.73 bits per heavy atom. The Kier molecular flexibility index (Phi) is 7.19. The first-order valence-corrected chi connectivity index (χ1v) is 10.7. The van der Waals surface area contributed by atoms with Crippen molar-refractivity contribution in [2.24, 2.45) is 0 Å². The predicted octanol–water partition coefficient (Wildman–Crippen LogP) is 4.02. The topological polar surface area (TPSA) is 84.0 Å². The number of aryl methyl sites for hydroxylation is 3. The van der Waals surface area contributed by atoms with Gasteiger partial charge >= 0.3 is 0 Å². The van der Waals surface area contributed by atoms with Crippen molar-refractivity contribution in [3.05, 3.63) is 88.2 Å². The number of hydrazine groups is 1. The second kappa shape index (κ2) is 10.0. The number of nitrogens with one attached hydrogen (secondary N) is 2. The van der Waals surface area contributed by atoms with Crippen LogP contribution in [-0.4, -0.2) is 21.8 Å². The maximum absolute atomic E-state index is 12.3. The maximum Gasteiger partial charge on any atom is 0.269 e. The number of carbonyl (C=O) groups is 2. The molecular weight excluding hydrogens is 396 g/mol. The molecule has 2 N–H and O–H groups in total. The van der Waals surface area contributed by atoms with Crippen molar-refractivity contribution in [3.8, 4) is 0 Å². The molecule has 2 aromatic carbocycles. The summed E-state index contributed by atoms with van der Waals surface area (Å²) < 4.78 is 0. The second-order valence-corrected chi connectivity index (χ2v) is 7.82. The van der Waals surface area contributed by atoms with Crippen LogP contribution in [0.25, 0.3) is 0 Å². The van der Waals surface area contributed by atoms with Crippen molar-refractivity contribution >= 4 is 23.6 Å². The van der Waals surface area contributed by atoms with Gasteiger partial charge < -0.3 is 0 Å². The minimum absolute atomic E-state index is 0.354. The summed E-state index contributed by atoms with van der Waals surface area (Å²) in [5, 5.41) is 0.740. The Bertz CT molecular complexity index is 1010. The SMILES string of the molecule is CCc1ccc(C(=O)NNC(=O)c2ccc(CSc3nc(C)cc(C)n3)cc2)cc1. The molecule has 0 aliphatic rings. The lowest BCUT2D eigenvalue weighted by Crippen LogP contribution is -2.41. The van der Waals surface area contributed by atoms with E-state index in [0.29, 0.717) is 16.9 Å². The van der Waals surface area contributed by atoms with E-state index >= 15 is 0 Å². The highest BCUT2D eigenvalue weighted by Crippen LogP contribution is 2.20. The minimum atomic E-state index is -0.370. The van der Waals surface area contributed by atoms with Gasteiger partial charge in [-0.15, -0.1) is 0 Å². The van der Waals surface area contributed by atoms with Crippen molar-refractivity contribution in [3.63, 3.8) is 0 Å². The molecule has 6 nitrogen and oxygen atoms in total. The van der Waals surface area contributed by atoms with Crippen LogP contribution in [0.4, 0.5) is 0 Å². The Hall–Kier alpha value is -3.19. The van der Waals surface area contributed by atoms with E-state index in [1.54, 1.807) is 36.0 Å². The molecule has 0 atom stereocenters. The quantitative estimate of drug-likeness (QED) is 0.357. The molecule has 0 spiro atoms. The van der Waals surface area contributed by atoms with Gasteiger partial charge in [-0.2, -0.15) is 0 Å². The first-order chi connectivity index (χ1) is 14.4. The number of thioether (sulfide) groups is 1. The van der Waals surface area contributed by atoms with E-state index in [1.807, 2.05) is 44.2 Å². The third-order valence-electron chi connectivity index (χ3n) is 4.46. The smallest absolute Gasteiger partial charge is 0.267 e. The van der Waals surface area contributed by atoms with Gasteiger partial charge in [0.05, 0.1) is 0 Å². The Morgan fingerprint density at radius 2 is 1.27 bits per heavy atom. The van der Waals surface area contributed by atoms with Gasteiger partial charge in [-0.05, 0) is 61.7 Å². The van der Waals surface area contributed by atoms with Crippen molar-refractivity contribution in [1.82, 2.24) is 20.8 Å². The van der Waals surface area contributed by atoms with Gasteiger partial charge in [0.25, 0.3) is 11.8 Å². The van der Waals surface area contributed by atoms with Crippen LogP contribution in [0.2, 0.25) is 0 Å². The zero-order valence-electron chi connectivity index (χ0n) is 17.2. The fourth-order valence-electron chi connectivity index (χ4n) is 2.81. The van der Waals surface area contributed by atoms with E-state index < -0.39 is 0 Å². The van der Waals surface area contributed by atoms with Crippen LogP contribution >= 0.6 is 11.8 Å². The van der Waals surface area contributed by atoms with Crippen molar-refractivity contribution < 1.29 is 9.59 Å². The molecule has 0 bridgehead atoms. The van der Waals surface area contributed by atoms with Crippen molar-refractivity contribution in [2.45, 2.75) is 38.1 Å². The van der Waals surface area contributed by atoms with Crippen LogP contribution in [0.1, 0.15) is 50.2 Å². The van der Waals surface area contributed by atoms with Gasteiger partial charge in [-0.1, -0.05) is 43.0 Å². The van der Waals surface area contributed by atoms with Crippen LogP contribution in [0, 0.1) is 13.8 Å². The standard InChI is InChI=1S/C23H24N4O2S/c1-4-17-5-9-19(10-6-17)21(28)26-27-22(29)20-11-7-18(8-12-20)14-30-23-24-15(2)13-16(3)25-23/h5-13H,4,14H2,1-3H3,(H,26,28)(H,27,29). The van der Waals surface area contributed by atoms with Gasteiger partial charge in [0.2, 0.25) is 0 Å². The largest absolute Gasteiger partial charge is 0.269 e. The number of hydrogen-bond acceptors (Lipinski definition) is 5. The van der Waals surface area contributed by atoms with E-state index in [0.717, 1.165) is 34.1 Å². The summed E-state index contributed by atoms with van der Waals surface area (Å²) in [6.45, 7) is 5.95. The molecule has 3 aromatic rings. The normalized spacial score (nSPS) is 10.5. The van der Waals surface area contributed by atoms with E-state index in [2.05, 4.69) is 27.7 Å². The molecule has 2 amide bonds. The Labute approximate surface area is 180 Å². The number of benzene rings is 2. The lowest BCUT2D eigenvalue weighted by atomic mass is 10.1. The summed E-state index contributed by atoms with van der Waals surface area (Å²) >= 11 is 1.55. The molecule has 1 heterocycles. The van der Waals surface area contributed by atoms with E-state index in [1.165, 1.54) is 0 Å². The van der Waals surface area contributed by atoms with Crippen molar-refractivity contribution in [2.75, 3.05) is 0 Å². The fourth-order valence-corrected chi connectivity index (χ4v) is 3.71. The summed E-state index contributed by atoms with van der Waals surface area (Å²) in [7, 11) is 0. The highest BCUT2D eigenvalue weighted by molar-refractivity contribution is 7.98. The third-order valence-corrected chi connectivity index (χ3v) is 5.38. The molecule has 0 radical (unpaired) electrons. The van der Waals surface area contributed by atoms with Crippen LogP contribution in [0.15, 0.2) is 59.8 Å². The summed E-state index contributed by atoms with van der Waals surface area (Å²) in [5.41, 5.74) is 9.95. The number of rotatable bonds is 6. The number of hydrogen-bond donors (Lipinski definition) is 2. The summed E-state index contributed by atoms with van der Waals surface area (Å²) in [5.74, 6) is -0.0206. The molecular formula is C23H24N4O2S. The zero-order valence-corrected chi connectivity index (χ0v) is 18.0. The minimum Gasteiger partial charge on any atom is -0.267 e. The Morgan fingerprint density at radius 1 is 0.800 bits per heavy atom. The lowest BCUT2D eigenvalue weighted by Gasteiger charge is -2.08. The van der Waals surface area contributed by atoms with Gasteiger partial charge in [-0.3, -0.25) is 20.4 Å². The molecule has 0 aliphatic carbocycles. The number of nitrogens with zero attached hydrogens (tertiary/aromatic N) is 2. The van der Waals surface area contributed by atoms with Crippen LogP contribution in [-0.2, 0) is 12.2 Å². The predicted molar refractivity (Wildman–Crippen MR) is 118 cm³/mol. The first-order valence-electron chi connectivity index (χ1n) is 9.68. The summed E-state index contributed by atoms with van der Waals surface area (Å²) in [6.07, 6.45) is 0.908. The Balaban J connectivity index is 1.52. The second-order valence-electron chi connectivity index (χ2n) is 6.88. The van der Waals surface area contributed by atoms with Crippen LogP contribution < -0.4 is 10.9 Å². The van der Waals surface area contributed by atoms with Gasteiger partial charge in [0.1, 0.15) is 0 Å². The van der Waals surface area contributed by atoms with E-state index in [9.17, 15) is 9.59 Å². The van der Waals surface area contributed by atoms with Gasteiger partial charge in [-0.25, -0.2) is 9.97 Å². The molecule has 0 aliphatic heterocycles. The highest BCUT2D eigenvalue weighted by atomic mass is 32.2. The molecule has 0 saturated carbocycles.